The molecule has 19 heavy (non-hydrogen) atoms. The number of benzene rings is 1. The van der Waals surface area contributed by atoms with Crippen LogP contribution in [-0.4, -0.2) is 29.9 Å². The summed E-state index contributed by atoms with van der Waals surface area (Å²) < 4.78 is 13.0. The highest BCUT2D eigenvalue weighted by Crippen LogP contribution is 2.49. The molecule has 1 aliphatic heterocycles. The molecule has 1 aromatic rings. The Balaban J connectivity index is 1.77. The second-order valence-electron chi connectivity index (χ2n) is 5.72. The maximum atomic E-state index is 13.0. The molecule has 1 amide bonds. The zero-order valence-electron chi connectivity index (χ0n) is 10.9. The number of carbonyl (C=O) groups excluding carboxylic acids is 1. The maximum absolute atomic E-state index is 13.0. The standard InChI is InChI=1S/C15H19FN2O/c16-12-3-1-11(2-4-12)15(7-8-15)14(19)18-9-5-13(17)6-10-18/h1-4,13H,5-10,17H2. The minimum Gasteiger partial charge on any atom is -0.342 e. The smallest absolute Gasteiger partial charge is 0.233 e. The van der Waals surface area contributed by atoms with Crippen molar-refractivity contribution in [3.05, 3.63) is 35.6 Å². The van der Waals surface area contributed by atoms with Gasteiger partial charge in [-0.1, -0.05) is 12.1 Å². The van der Waals surface area contributed by atoms with Crippen molar-refractivity contribution >= 4 is 5.91 Å². The first-order chi connectivity index (χ1) is 9.12. The first kappa shape index (κ1) is 12.6. The lowest BCUT2D eigenvalue weighted by atomic mass is 9.93. The molecule has 3 rings (SSSR count). The van der Waals surface area contributed by atoms with Crippen molar-refractivity contribution < 1.29 is 9.18 Å². The molecule has 4 heteroatoms. The monoisotopic (exact) mass is 262 g/mol. The Bertz CT molecular complexity index is 473. The van der Waals surface area contributed by atoms with Gasteiger partial charge in [-0.2, -0.15) is 0 Å². The van der Waals surface area contributed by atoms with Crippen molar-refractivity contribution in [2.24, 2.45) is 5.73 Å². The lowest BCUT2D eigenvalue weighted by molar-refractivity contribution is -0.135. The van der Waals surface area contributed by atoms with Crippen molar-refractivity contribution in [2.45, 2.75) is 37.1 Å². The predicted molar refractivity (Wildman–Crippen MR) is 71.1 cm³/mol. The average Bonchev–Trinajstić information content (AvgIpc) is 3.21. The zero-order chi connectivity index (χ0) is 13.5. The van der Waals surface area contributed by atoms with E-state index in [9.17, 15) is 9.18 Å². The van der Waals surface area contributed by atoms with Crippen LogP contribution in [-0.2, 0) is 10.2 Å². The molecule has 2 N–H and O–H groups in total. The molecular formula is C15H19FN2O. The Kier molecular flexibility index (Phi) is 3.05. The van der Waals surface area contributed by atoms with Gasteiger partial charge in [0.05, 0.1) is 5.41 Å². The summed E-state index contributed by atoms with van der Waals surface area (Å²) in [6.45, 7) is 1.51. The fourth-order valence-corrected chi connectivity index (χ4v) is 2.93. The predicted octanol–water partition coefficient (Wildman–Crippen LogP) is 1.81. The molecule has 1 heterocycles. The first-order valence-electron chi connectivity index (χ1n) is 6.93. The second kappa shape index (κ2) is 4.60. The molecule has 1 saturated carbocycles. The van der Waals surface area contributed by atoms with Gasteiger partial charge in [0.1, 0.15) is 5.82 Å². The van der Waals surface area contributed by atoms with Gasteiger partial charge >= 0.3 is 0 Å². The van der Waals surface area contributed by atoms with Gasteiger partial charge in [-0.15, -0.1) is 0 Å². The van der Waals surface area contributed by atoms with E-state index >= 15 is 0 Å². The quantitative estimate of drug-likeness (QED) is 0.883. The third-order valence-electron chi connectivity index (χ3n) is 4.38. The van der Waals surface area contributed by atoms with Gasteiger partial charge in [0.25, 0.3) is 0 Å². The fourth-order valence-electron chi connectivity index (χ4n) is 2.93. The Morgan fingerprint density at radius 2 is 1.79 bits per heavy atom. The van der Waals surface area contributed by atoms with Crippen LogP contribution in [0.15, 0.2) is 24.3 Å². The molecule has 2 aliphatic rings. The number of nitrogens with zero attached hydrogens (tertiary/aromatic N) is 1. The van der Waals surface area contributed by atoms with Crippen LogP contribution in [0.2, 0.25) is 0 Å². The topological polar surface area (TPSA) is 46.3 Å². The second-order valence-corrected chi connectivity index (χ2v) is 5.72. The molecule has 0 aromatic heterocycles. The van der Waals surface area contributed by atoms with Gasteiger partial charge in [0.15, 0.2) is 0 Å². The molecule has 0 bridgehead atoms. The SMILES string of the molecule is NC1CCN(C(=O)C2(c3ccc(F)cc3)CC2)CC1. The van der Waals surface area contributed by atoms with Crippen LogP contribution in [0, 0.1) is 5.82 Å². The van der Waals surface area contributed by atoms with Crippen molar-refractivity contribution in [1.29, 1.82) is 0 Å². The summed E-state index contributed by atoms with van der Waals surface area (Å²) in [6, 6.07) is 6.60. The van der Waals surface area contributed by atoms with Crippen LogP contribution in [0.25, 0.3) is 0 Å². The third-order valence-corrected chi connectivity index (χ3v) is 4.38. The zero-order valence-corrected chi connectivity index (χ0v) is 10.9. The number of carbonyl (C=O) groups is 1. The fraction of sp³-hybridized carbons (Fsp3) is 0.533. The number of hydrogen-bond donors (Lipinski definition) is 1. The van der Waals surface area contributed by atoms with E-state index in [0.717, 1.165) is 44.3 Å². The minimum absolute atomic E-state index is 0.200. The molecule has 0 spiro atoms. The number of hydrogen-bond acceptors (Lipinski definition) is 2. The number of piperidine rings is 1. The van der Waals surface area contributed by atoms with Crippen LogP contribution in [0.1, 0.15) is 31.2 Å². The molecule has 102 valence electrons. The summed E-state index contributed by atoms with van der Waals surface area (Å²) in [4.78, 5) is 14.6. The van der Waals surface area contributed by atoms with Gasteiger partial charge < -0.3 is 10.6 Å². The lowest BCUT2D eigenvalue weighted by Gasteiger charge is -2.33. The number of amides is 1. The molecule has 0 unspecified atom stereocenters. The molecule has 2 fully saturated rings. The Labute approximate surface area is 112 Å². The molecule has 1 aliphatic carbocycles. The highest BCUT2D eigenvalue weighted by molar-refractivity contribution is 5.91. The van der Waals surface area contributed by atoms with Crippen LogP contribution < -0.4 is 5.73 Å². The molecule has 1 saturated heterocycles. The summed E-state index contributed by atoms with van der Waals surface area (Å²) in [6.07, 6.45) is 3.51. The van der Waals surface area contributed by atoms with E-state index in [1.54, 1.807) is 12.1 Å². The molecular weight excluding hydrogens is 243 g/mol. The van der Waals surface area contributed by atoms with E-state index in [2.05, 4.69) is 0 Å². The van der Waals surface area contributed by atoms with Crippen LogP contribution >= 0.6 is 0 Å². The van der Waals surface area contributed by atoms with E-state index in [4.69, 9.17) is 5.73 Å². The van der Waals surface area contributed by atoms with Crippen LogP contribution in [0.3, 0.4) is 0 Å². The van der Waals surface area contributed by atoms with Gasteiger partial charge in [0.2, 0.25) is 5.91 Å². The van der Waals surface area contributed by atoms with E-state index in [-0.39, 0.29) is 23.2 Å². The van der Waals surface area contributed by atoms with Crippen molar-refractivity contribution in [1.82, 2.24) is 4.90 Å². The summed E-state index contributed by atoms with van der Waals surface area (Å²) in [5.74, 6) is -0.0537. The highest BCUT2D eigenvalue weighted by atomic mass is 19.1. The van der Waals surface area contributed by atoms with Gasteiger partial charge in [0, 0.05) is 19.1 Å². The first-order valence-corrected chi connectivity index (χ1v) is 6.93. The number of likely N-dealkylation sites (tertiary alicyclic amines) is 1. The summed E-state index contributed by atoms with van der Waals surface area (Å²) in [5, 5.41) is 0. The van der Waals surface area contributed by atoms with Gasteiger partial charge in [-0.3, -0.25) is 4.79 Å². The van der Waals surface area contributed by atoms with Crippen molar-refractivity contribution in [2.75, 3.05) is 13.1 Å². The molecule has 0 atom stereocenters. The Morgan fingerprint density at radius 1 is 1.21 bits per heavy atom. The van der Waals surface area contributed by atoms with Crippen molar-refractivity contribution in [3.63, 3.8) is 0 Å². The lowest BCUT2D eigenvalue weighted by Crippen LogP contribution is -2.46. The number of halogens is 1. The van der Waals surface area contributed by atoms with Crippen LogP contribution in [0.5, 0.6) is 0 Å². The summed E-state index contributed by atoms with van der Waals surface area (Å²) in [7, 11) is 0. The van der Waals surface area contributed by atoms with E-state index in [0.29, 0.717) is 0 Å². The third kappa shape index (κ3) is 2.25. The van der Waals surface area contributed by atoms with E-state index < -0.39 is 0 Å². The van der Waals surface area contributed by atoms with Crippen molar-refractivity contribution in [3.8, 4) is 0 Å². The molecule has 0 radical (unpaired) electrons. The number of rotatable bonds is 2. The average molecular weight is 262 g/mol. The van der Waals surface area contributed by atoms with Gasteiger partial charge in [-0.25, -0.2) is 4.39 Å². The Hall–Kier alpha value is -1.42. The molecule has 1 aromatic carbocycles. The van der Waals surface area contributed by atoms with Crippen LogP contribution in [0.4, 0.5) is 4.39 Å². The number of nitrogens with two attached hydrogens (primary N) is 1. The minimum atomic E-state index is -0.380. The molecule has 3 nitrogen and oxygen atoms in total. The van der Waals surface area contributed by atoms with Gasteiger partial charge in [-0.05, 0) is 43.4 Å². The summed E-state index contributed by atoms with van der Waals surface area (Å²) >= 11 is 0. The highest BCUT2D eigenvalue weighted by Gasteiger charge is 2.53. The van der Waals surface area contributed by atoms with E-state index in [1.165, 1.54) is 12.1 Å². The largest absolute Gasteiger partial charge is 0.342 e. The normalized spacial score (nSPS) is 22.3. The van der Waals surface area contributed by atoms with E-state index in [1.807, 2.05) is 4.90 Å². The summed E-state index contributed by atoms with van der Waals surface area (Å²) in [5.41, 5.74) is 6.44. The maximum Gasteiger partial charge on any atom is 0.233 e. The Morgan fingerprint density at radius 3 is 2.32 bits per heavy atom.